The van der Waals surface area contributed by atoms with E-state index in [1.165, 1.54) is 49.4 Å². The first-order chi connectivity index (χ1) is 20.8. The van der Waals surface area contributed by atoms with Crippen LogP contribution in [0.25, 0.3) is 43.8 Å². The maximum atomic E-state index is 9.10. The summed E-state index contributed by atoms with van der Waals surface area (Å²) in [4.78, 5) is 0. The normalized spacial score (nSPS) is 12.4. The predicted octanol–water partition coefficient (Wildman–Crippen LogP) is 10.5. The summed E-state index contributed by atoms with van der Waals surface area (Å²) >= 11 is 0. The molecule has 7 aromatic carbocycles. The number of fused-ring (bicyclic) bond motifs is 6. The van der Waals surface area contributed by atoms with Crippen molar-refractivity contribution < 1.29 is 4.74 Å². The number of nitrogens with zero attached hydrogens (tertiary/aromatic N) is 1. The van der Waals surface area contributed by atoms with Gasteiger partial charge in [0, 0.05) is 17.0 Å². The van der Waals surface area contributed by atoms with Gasteiger partial charge in [0.15, 0.2) is 0 Å². The number of hydrogen-bond donors (Lipinski definition) is 0. The molecule has 1 aliphatic rings. The minimum Gasteiger partial charge on any atom is -0.457 e. The molecule has 0 saturated carbocycles. The van der Waals surface area contributed by atoms with Gasteiger partial charge < -0.3 is 4.74 Å². The van der Waals surface area contributed by atoms with Gasteiger partial charge in [0.2, 0.25) is 0 Å². The van der Waals surface area contributed by atoms with E-state index in [4.69, 9.17) is 10.00 Å². The van der Waals surface area contributed by atoms with Gasteiger partial charge in [0.25, 0.3) is 0 Å². The second-order valence-corrected chi connectivity index (χ2v) is 10.8. The van der Waals surface area contributed by atoms with Crippen molar-refractivity contribution in [1.82, 2.24) is 0 Å². The lowest BCUT2D eigenvalue weighted by molar-refractivity contribution is 0.456. The Labute approximate surface area is 244 Å². The molecule has 42 heavy (non-hydrogen) atoms. The first kappa shape index (κ1) is 24.2. The van der Waals surface area contributed by atoms with Crippen LogP contribution in [0.1, 0.15) is 28.2 Å². The zero-order valence-electron chi connectivity index (χ0n) is 22.8. The summed E-state index contributed by atoms with van der Waals surface area (Å²) in [6.07, 6.45) is 0. The first-order valence-electron chi connectivity index (χ1n) is 14.2. The molecule has 0 aliphatic carbocycles. The SMILES string of the molecule is N#Cc1ccc(-c2ccc(-c3ccc(C4c5c(ccc6ccccc56)Oc5ccc6ccccc6c54)cc3)cc2)cc1. The Bertz CT molecular complexity index is 2070. The molecule has 2 nitrogen and oxygen atoms in total. The Morgan fingerprint density at radius 2 is 0.881 bits per heavy atom. The third kappa shape index (κ3) is 3.95. The molecule has 0 bridgehead atoms. The summed E-state index contributed by atoms with van der Waals surface area (Å²) in [7, 11) is 0. The number of benzene rings is 7. The Kier molecular flexibility index (Phi) is 5.62. The van der Waals surface area contributed by atoms with Crippen molar-refractivity contribution in [3.8, 4) is 39.8 Å². The van der Waals surface area contributed by atoms with E-state index in [1.54, 1.807) is 0 Å². The molecule has 0 spiro atoms. The van der Waals surface area contributed by atoms with Crippen LogP contribution in [0.3, 0.4) is 0 Å². The minimum absolute atomic E-state index is 0.0359. The highest BCUT2D eigenvalue weighted by Crippen LogP contribution is 2.52. The Balaban J connectivity index is 1.23. The zero-order chi connectivity index (χ0) is 28.0. The average Bonchev–Trinajstić information content (AvgIpc) is 3.07. The molecule has 0 N–H and O–H groups in total. The number of rotatable bonds is 3. The summed E-state index contributed by atoms with van der Waals surface area (Å²) < 4.78 is 6.58. The second-order valence-electron chi connectivity index (χ2n) is 10.8. The van der Waals surface area contributed by atoms with Gasteiger partial charge in [-0.3, -0.25) is 0 Å². The van der Waals surface area contributed by atoms with Crippen molar-refractivity contribution in [2.24, 2.45) is 0 Å². The molecule has 0 fully saturated rings. The lowest BCUT2D eigenvalue weighted by Gasteiger charge is -2.31. The summed E-state index contributed by atoms with van der Waals surface area (Å²) in [6.45, 7) is 0. The van der Waals surface area contributed by atoms with Gasteiger partial charge in [0.05, 0.1) is 11.6 Å². The molecule has 0 radical (unpaired) electrons. The highest BCUT2D eigenvalue weighted by molar-refractivity contribution is 5.95. The second kappa shape index (κ2) is 9.77. The van der Waals surface area contributed by atoms with Gasteiger partial charge in [0.1, 0.15) is 11.5 Å². The molecule has 0 unspecified atom stereocenters. The minimum atomic E-state index is 0.0359. The van der Waals surface area contributed by atoms with Crippen molar-refractivity contribution >= 4 is 21.5 Å². The molecular formula is C40H25NO. The lowest BCUT2D eigenvalue weighted by atomic mass is 9.78. The van der Waals surface area contributed by atoms with E-state index < -0.39 is 0 Å². The highest BCUT2D eigenvalue weighted by Gasteiger charge is 2.32. The van der Waals surface area contributed by atoms with Gasteiger partial charge in [-0.25, -0.2) is 0 Å². The topological polar surface area (TPSA) is 33.0 Å². The van der Waals surface area contributed by atoms with Gasteiger partial charge in [-0.05, 0) is 73.6 Å². The number of hydrogen-bond acceptors (Lipinski definition) is 2. The van der Waals surface area contributed by atoms with Crippen LogP contribution in [-0.2, 0) is 0 Å². The van der Waals surface area contributed by atoms with E-state index in [1.807, 2.05) is 24.3 Å². The van der Waals surface area contributed by atoms with Crippen molar-refractivity contribution in [3.63, 3.8) is 0 Å². The predicted molar refractivity (Wildman–Crippen MR) is 171 cm³/mol. The Morgan fingerprint density at radius 1 is 0.452 bits per heavy atom. The molecule has 0 amide bonds. The lowest BCUT2D eigenvalue weighted by Crippen LogP contribution is -2.13. The molecule has 7 aromatic rings. The highest BCUT2D eigenvalue weighted by atomic mass is 16.5. The van der Waals surface area contributed by atoms with Crippen molar-refractivity contribution in [2.45, 2.75) is 5.92 Å². The Morgan fingerprint density at radius 3 is 1.36 bits per heavy atom. The molecule has 8 rings (SSSR count). The molecule has 0 saturated heterocycles. The third-order valence-corrected chi connectivity index (χ3v) is 8.47. The molecule has 0 aromatic heterocycles. The number of nitriles is 1. The fraction of sp³-hybridized carbons (Fsp3) is 0.0250. The molecule has 1 heterocycles. The van der Waals surface area contributed by atoms with Crippen LogP contribution >= 0.6 is 0 Å². The molecule has 1 aliphatic heterocycles. The summed E-state index contributed by atoms with van der Waals surface area (Å²) in [6, 6.07) is 53.3. The quantitative estimate of drug-likeness (QED) is 0.225. The maximum absolute atomic E-state index is 9.10. The van der Waals surface area contributed by atoms with Crippen LogP contribution in [0, 0.1) is 11.3 Å². The molecular weight excluding hydrogens is 510 g/mol. The summed E-state index contributed by atoms with van der Waals surface area (Å²) in [5.41, 5.74) is 8.93. The standard InChI is InChI=1S/C40H25NO/c41-25-26-9-11-27(12-10-26)28-13-15-29(16-14-28)30-17-19-33(20-18-30)38-39-34-7-3-1-5-31(34)21-23-36(39)42-37-24-22-32-6-2-4-8-35(32)40(37)38/h1-24,38H. The van der Waals surface area contributed by atoms with E-state index in [0.717, 1.165) is 22.6 Å². The van der Waals surface area contributed by atoms with Crippen LogP contribution in [0.2, 0.25) is 0 Å². The smallest absolute Gasteiger partial charge is 0.132 e. The number of ether oxygens (including phenoxy) is 1. The van der Waals surface area contributed by atoms with E-state index in [-0.39, 0.29) is 5.92 Å². The van der Waals surface area contributed by atoms with Crippen molar-refractivity contribution in [2.75, 3.05) is 0 Å². The van der Waals surface area contributed by atoms with E-state index in [2.05, 4.69) is 127 Å². The zero-order valence-corrected chi connectivity index (χ0v) is 22.8. The van der Waals surface area contributed by atoms with Crippen LogP contribution in [0.15, 0.2) is 146 Å². The summed E-state index contributed by atoms with van der Waals surface area (Å²) in [5, 5.41) is 14.0. The fourth-order valence-corrected chi connectivity index (χ4v) is 6.38. The summed E-state index contributed by atoms with van der Waals surface area (Å²) in [5.74, 6) is 1.88. The van der Waals surface area contributed by atoms with Gasteiger partial charge in [-0.2, -0.15) is 5.26 Å². The van der Waals surface area contributed by atoms with E-state index in [0.29, 0.717) is 5.56 Å². The van der Waals surface area contributed by atoms with Crippen LogP contribution in [-0.4, -0.2) is 0 Å². The molecule has 0 atom stereocenters. The van der Waals surface area contributed by atoms with Crippen LogP contribution < -0.4 is 4.74 Å². The van der Waals surface area contributed by atoms with E-state index in [9.17, 15) is 0 Å². The monoisotopic (exact) mass is 535 g/mol. The van der Waals surface area contributed by atoms with E-state index >= 15 is 0 Å². The van der Waals surface area contributed by atoms with Gasteiger partial charge >= 0.3 is 0 Å². The fourth-order valence-electron chi connectivity index (χ4n) is 6.38. The maximum Gasteiger partial charge on any atom is 0.132 e. The average molecular weight is 536 g/mol. The largest absolute Gasteiger partial charge is 0.457 e. The van der Waals surface area contributed by atoms with Crippen molar-refractivity contribution in [3.05, 3.63) is 168 Å². The molecule has 2 heteroatoms. The van der Waals surface area contributed by atoms with Gasteiger partial charge in [-0.1, -0.05) is 121 Å². The van der Waals surface area contributed by atoms with Crippen molar-refractivity contribution in [1.29, 1.82) is 5.26 Å². The first-order valence-corrected chi connectivity index (χ1v) is 14.2. The Hall–Kier alpha value is -5.65. The van der Waals surface area contributed by atoms with Crippen LogP contribution in [0.5, 0.6) is 11.5 Å². The molecule has 196 valence electrons. The third-order valence-electron chi connectivity index (χ3n) is 8.47. The van der Waals surface area contributed by atoms with Gasteiger partial charge in [-0.15, -0.1) is 0 Å². The van der Waals surface area contributed by atoms with Crippen LogP contribution in [0.4, 0.5) is 0 Å².